The minimum absolute atomic E-state index is 0.0629. The van der Waals surface area contributed by atoms with Gasteiger partial charge in [-0.05, 0) is 26.0 Å². The first-order chi connectivity index (χ1) is 8.18. The van der Waals surface area contributed by atoms with Gasteiger partial charge in [0, 0.05) is 31.9 Å². The van der Waals surface area contributed by atoms with Gasteiger partial charge in [0.05, 0.1) is 6.04 Å². The molecule has 1 aromatic rings. The average molecular weight is 232 g/mol. The van der Waals surface area contributed by atoms with Crippen molar-refractivity contribution in [2.24, 2.45) is 0 Å². The average Bonchev–Trinajstić information content (AvgIpc) is 2.39. The van der Waals surface area contributed by atoms with E-state index in [4.69, 9.17) is 0 Å². The topological polar surface area (TPSA) is 23.6 Å². The van der Waals surface area contributed by atoms with Crippen LogP contribution in [0.4, 0.5) is 5.69 Å². The van der Waals surface area contributed by atoms with E-state index in [-0.39, 0.29) is 11.8 Å². The summed E-state index contributed by atoms with van der Waals surface area (Å²) in [4.78, 5) is 16.0. The lowest BCUT2D eigenvalue weighted by Crippen LogP contribution is -2.51. The minimum Gasteiger partial charge on any atom is -0.369 e. The van der Waals surface area contributed by atoms with Crippen LogP contribution in [0.5, 0.6) is 0 Å². The van der Waals surface area contributed by atoms with Gasteiger partial charge in [0.2, 0.25) is 0 Å². The molecular weight excluding hydrogens is 212 g/mol. The Morgan fingerprint density at radius 3 is 2.24 bits per heavy atom. The van der Waals surface area contributed by atoms with Gasteiger partial charge in [0.25, 0.3) is 0 Å². The van der Waals surface area contributed by atoms with E-state index in [0.29, 0.717) is 0 Å². The number of benzene rings is 1. The van der Waals surface area contributed by atoms with Crippen molar-refractivity contribution in [3.05, 3.63) is 30.3 Å². The number of rotatable bonds is 3. The van der Waals surface area contributed by atoms with Crippen molar-refractivity contribution in [2.45, 2.75) is 19.9 Å². The summed E-state index contributed by atoms with van der Waals surface area (Å²) >= 11 is 0. The maximum Gasteiger partial charge on any atom is 0.146 e. The van der Waals surface area contributed by atoms with Crippen LogP contribution in [0.1, 0.15) is 13.8 Å². The number of hydrogen-bond donors (Lipinski definition) is 0. The second-order valence-electron chi connectivity index (χ2n) is 4.65. The number of para-hydroxylation sites is 1. The Labute approximate surface area is 103 Å². The van der Waals surface area contributed by atoms with Crippen LogP contribution in [0.2, 0.25) is 0 Å². The van der Waals surface area contributed by atoms with Gasteiger partial charge in [-0.25, -0.2) is 0 Å². The van der Waals surface area contributed by atoms with Gasteiger partial charge in [-0.2, -0.15) is 0 Å². The van der Waals surface area contributed by atoms with Crippen LogP contribution in [-0.4, -0.2) is 42.9 Å². The van der Waals surface area contributed by atoms with Crippen LogP contribution in [-0.2, 0) is 4.79 Å². The maximum absolute atomic E-state index is 11.3. The number of anilines is 1. The molecule has 1 atom stereocenters. The molecule has 0 amide bonds. The van der Waals surface area contributed by atoms with Gasteiger partial charge in [0.15, 0.2) is 0 Å². The first-order valence-corrected chi connectivity index (χ1v) is 6.23. The van der Waals surface area contributed by atoms with E-state index in [1.54, 1.807) is 6.92 Å². The summed E-state index contributed by atoms with van der Waals surface area (Å²) < 4.78 is 0. The number of ketones is 1. The van der Waals surface area contributed by atoms with Gasteiger partial charge < -0.3 is 4.90 Å². The van der Waals surface area contributed by atoms with Crippen LogP contribution in [0.3, 0.4) is 0 Å². The normalized spacial score (nSPS) is 19.1. The number of nitrogens with zero attached hydrogens (tertiary/aromatic N) is 2. The van der Waals surface area contributed by atoms with Crippen molar-refractivity contribution in [3.63, 3.8) is 0 Å². The van der Waals surface area contributed by atoms with Crippen molar-refractivity contribution in [2.75, 3.05) is 31.1 Å². The molecule has 1 aliphatic heterocycles. The van der Waals surface area contributed by atoms with E-state index >= 15 is 0 Å². The van der Waals surface area contributed by atoms with Crippen LogP contribution < -0.4 is 4.90 Å². The summed E-state index contributed by atoms with van der Waals surface area (Å²) in [7, 11) is 0. The third kappa shape index (κ3) is 2.86. The van der Waals surface area contributed by atoms with Crippen molar-refractivity contribution in [1.82, 2.24) is 4.90 Å². The second kappa shape index (κ2) is 5.32. The first kappa shape index (κ1) is 12.1. The van der Waals surface area contributed by atoms with E-state index < -0.39 is 0 Å². The lowest BCUT2D eigenvalue weighted by Gasteiger charge is -2.38. The fourth-order valence-electron chi connectivity index (χ4n) is 2.26. The third-order valence-electron chi connectivity index (χ3n) is 3.57. The van der Waals surface area contributed by atoms with Gasteiger partial charge >= 0.3 is 0 Å². The van der Waals surface area contributed by atoms with Crippen LogP contribution >= 0.6 is 0 Å². The van der Waals surface area contributed by atoms with Gasteiger partial charge in [-0.1, -0.05) is 18.2 Å². The predicted octanol–water partition coefficient (Wildman–Crippen LogP) is 1.79. The van der Waals surface area contributed by atoms with E-state index in [1.807, 2.05) is 13.0 Å². The first-order valence-electron chi connectivity index (χ1n) is 6.23. The number of carbonyl (C=O) groups is 1. The van der Waals surface area contributed by atoms with Gasteiger partial charge in [-0.15, -0.1) is 0 Å². The largest absolute Gasteiger partial charge is 0.369 e. The van der Waals surface area contributed by atoms with E-state index in [9.17, 15) is 4.79 Å². The molecule has 0 saturated carbocycles. The Morgan fingerprint density at radius 1 is 1.12 bits per heavy atom. The number of Topliss-reactive ketones (excluding diaryl/α,β-unsaturated/α-hetero) is 1. The lowest BCUT2D eigenvalue weighted by atomic mass is 10.1. The highest BCUT2D eigenvalue weighted by molar-refractivity contribution is 5.81. The Morgan fingerprint density at radius 2 is 1.71 bits per heavy atom. The summed E-state index contributed by atoms with van der Waals surface area (Å²) in [6.45, 7) is 7.61. The highest BCUT2D eigenvalue weighted by Gasteiger charge is 2.23. The molecule has 0 N–H and O–H groups in total. The summed E-state index contributed by atoms with van der Waals surface area (Å²) in [5.74, 6) is 0.262. The molecule has 1 aromatic carbocycles. The number of piperazine rings is 1. The SMILES string of the molecule is CC(=O)[C@@H](C)N1CCN(c2ccccc2)CC1. The van der Waals surface area contributed by atoms with Gasteiger partial charge in [0.1, 0.15) is 5.78 Å². The molecule has 17 heavy (non-hydrogen) atoms. The molecule has 2 rings (SSSR count). The van der Waals surface area contributed by atoms with E-state index in [2.05, 4.69) is 34.1 Å². The lowest BCUT2D eigenvalue weighted by molar-refractivity contribution is -0.121. The fraction of sp³-hybridized carbons (Fsp3) is 0.500. The highest BCUT2D eigenvalue weighted by Crippen LogP contribution is 2.16. The van der Waals surface area contributed by atoms with Crippen molar-refractivity contribution in [1.29, 1.82) is 0 Å². The Balaban J connectivity index is 1.93. The molecule has 1 fully saturated rings. The van der Waals surface area contributed by atoms with E-state index in [1.165, 1.54) is 5.69 Å². The zero-order valence-corrected chi connectivity index (χ0v) is 10.6. The maximum atomic E-state index is 11.3. The summed E-state index contributed by atoms with van der Waals surface area (Å²) in [5.41, 5.74) is 1.28. The van der Waals surface area contributed by atoms with Crippen LogP contribution in [0.15, 0.2) is 30.3 Å². The standard InChI is InChI=1S/C14H20N2O/c1-12(13(2)17)15-8-10-16(11-9-15)14-6-4-3-5-7-14/h3-7,12H,8-11H2,1-2H3/t12-/m1/s1. The zero-order valence-electron chi connectivity index (χ0n) is 10.6. The number of carbonyl (C=O) groups excluding carboxylic acids is 1. The predicted molar refractivity (Wildman–Crippen MR) is 70.4 cm³/mol. The second-order valence-corrected chi connectivity index (χ2v) is 4.65. The minimum atomic E-state index is 0.0629. The van der Waals surface area contributed by atoms with E-state index in [0.717, 1.165) is 26.2 Å². The Kier molecular flexibility index (Phi) is 3.79. The molecule has 0 aliphatic carbocycles. The molecule has 1 heterocycles. The summed E-state index contributed by atoms with van der Waals surface area (Å²) in [6, 6.07) is 10.5. The monoisotopic (exact) mass is 232 g/mol. The van der Waals surface area contributed by atoms with Crippen molar-refractivity contribution < 1.29 is 4.79 Å². The van der Waals surface area contributed by atoms with Crippen LogP contribution in [0, 0.1) is 0 Å². The highest BCUT2D eigenvalue weighted by atomic mass is 16.1. The Bertz CT molecular complexity index is 369. The molecule has 0 bridgehead atoms. The number of hydrogen-bond acceptors (Lipinski definition) is 3. The molecule has 0 aromatic heterocycles. The molecule has 1 aliphatic rings. The molecular formula is C14H20N2O. The third-order valence-corrected chi connectivity index (χ3v) is 3.57. The quantitative estimate of drug-likeness (QED) is 0.793. The zero-order chi connectivity index (χ0) is 12.3. The molecule has 3 heteroatoms. The Hall–Kier alpha value is -1.35. The molecule has 1 saturated heterocycles. The molecule has 3 nitrogen and oxygen atoms in total. The summed E-state index contributed by atoms with van der Waals surface area (Å²) in [5, 5.41) is 0. The summed E-state index contributed by atoms with van der Waals surface area (Å²) in [6.07, 6.45) is 0. The molecule has 0 spiro atoms. The van der Waals surface area contributed by atoms with Crippen LogP contribution in [0.25, 0.3) is 0 Å². The van der Waals surface area contributed by atoms with Crippen molar-refractivity contribution >= 4 is 11.5 Å². The fourth-order valence-corrected chi connectivity index (χ4v) is 2.26. The van der Waals surface area contributed by atoms with Crippen molar-refractivity contribution in [3.8, 4) is 0 Å². The van der Waals surface area contributed by atoms with Gasteiger partial charge in [-0.3, -0.25) is 9.69 Å². The molecule has 92 valence electrons. The smallest absolute Gasteiger partial charge is 0.146 e. The molecule has 0 radical (unpaired) electrons. The molecule has 0 unspecified atom stereocenters.